The van der Waals surface area contributed by atoms with Gasteiger partial charge in [0.2, 0.25) is 0 Å². The molecule has 1 aromatic carbocycles. The van der Waals surface area contributed by atoms with Crippen molar-refractivity contribution in [1.82, 2.24) is 15.6 Å². The van der Waals surface area contributed by atoms with Crippen molar-refractivity contribution in [3.63, 3.8) is 0 Å². The molecule has 0 saturated carbocycles. The lowest BCUT2D eigenvalue weighted by molar-refractivity contribution is 0.736. The number of rotatable bonds is 7. The average molecular weight is 444 g/mol. The van der Waals surface area contributed by atoms with Crippen LogP contribution in [0.25, 0.3) is 0 Å². The third-order valence-corrected chi connectivity index (χ3v) is 4.33. The molecule has 1 heterocycles. The third-order valence-electron chi connectivity index (χ3n) is 3.30. The molecule has 0 aliphatic heterocycles. The van der Waals surface area contributed by atoms with E-state index in [1.54, 1.807) is 11.3 Å². The smallest absolute Gasteiger partial charge is 0.190 e. The number of aromatic nitrogens is 1. The SMILES string of the molecule is CN=C(NCCCc1nc(C)cs1)NCCc1ccccc1.I. The van der Waals surface area contributed by atoms with Gasteiger partial charge in [0.25, 0.3) is 0 Å². The van der Waals surface area contributed by atoms with Crippen molar-refractivity contribution in [2.75, 3.05) is 20.1 Å². The van der Waals surface area contributed by atoms with E-state index in [0.717, 1.165) is 44.0 Å². The van der Waals surface area contributed by atoms with Crippen molar-refractivity contribution in [2.24, 2.45) is 4.99 Å². The highest BCUT2D eigenvalue weighted by molar-refractivity contribution is 14.0. The van der Waals surface area contributed by atoms with Gasteiger partial charge < -0.3 is 10.6 Å². The summed E-state index contributed by atoms with van der Waals surface area (Å²) >= 11 is 1.74. The van der Waals surface area contributed by atoms with Crippen LogP contribution in [0.5, 0.6) is 0 Å². The van der Waals surface area contributed by atoms with E-state index in [1.165, 1.54) is 10.6 Å². The number of hydrogen-bond acceptors (Lipinski definition) is 3. The zero-order valence-electron chi connectivity index (χ0n) is 13.7. The maximum absolute atomic E-state index is 4.48. The molecule has 0 aliphatic carbocycles. The molecule has 0 radical (unpaired) electrons. The van der Waals surface area contributed by atoms with Gasteiger partial charge in [-0.1, -0.05) is 30.3 Å². The average Bonchev–Trinajstić information content (AvgIpc) is 2.96. The summed E-state index contributed by atoms with van der Waals surface area (Å²) in [7, 11) is 1.81. The van der Waals surface area contributed by atoms with E-state index in [-0.39, 0.29) is 24.0 Å². The van der Waals surface area contributed by atoms with Crippen LogP contribution in [-0.4, -0.2) is 31.1 Å². The number of guanidine groups is 1. The fourth-order valence-electron chi connectivity index (χ4n) is 2.15. The lowest BCUT2D eigenvalue weighted by Crippen LogP contribution is -2.38. The first-order valence-electron chi connectivity index (χ1n) is 7.67. The highest BCUT2D eigenvalue weighted by atomic mass is 127. The van der Waals surface area contributed by atoms with E-state index < -0.39 is 0 Å². The second-order valence-corrected chi connectivity index (χ2v) is 6.09. The summed E-state index contributed by atoms with van der Waals surface area (Å²) in [5.74, 6) is 0.867. The molecule has 2 aromatic rings. The molecule has 0 saturated heterocycles. The Bertz CT molecular complexity index is 583. The fourth-order valence-corrected chi connectivity index (χ4v) is 2.97. The molecule has 2 N–H and O–H groups in total. The Kier molecular flexibility index (Phi) is 9.86. The number of nitrogens with one attached hydrogen (secondary N) is 2. The molecular weight excluding hydrogens is 419 g/mol. The maximum atomic E-state index is 4.48. The molecule has 1 aromatic heterocycles. The Hall–Kier alpha value is -1.15. The van der Waals surface area contributed by atoms with Crippen molar-refractivity contribution in [1.29, 1.82) is 0 Å². The maximum Gasteiger partial charge on any atom is 0.190 e. The number of thiazole rings is 1. The molecule has 6 heteroatoms. The minimum atomic E-state index is 0. The second kappa shape index (κ2) is 11.4. The van der Waals surface area contributed by atoms with Gasteiger partial charge in [-0.25, -0.2) is 4.98 Å². The summed E-state index contributed by atoms with van der Waals surface area (Å²) in [5.41, 5.74) is 2.45. The minimum absolute atomic E-state index is 0. The Morgan fingerprint density at radius 2 is 1.87 bits per heavy atom. The topological polar surface area (TPSA) is 49.3 Å². The Balaban J connectivity index is 0.00000264. The summed E-state index contributed by atoms with van der Waals surface area (Å²) in [5, 5.41) is 10.0. The van der Waals surface area contributed by atoms with Gasteiger partial charge in [-0.2, -0.15) is 0 Å². The Labute approximate surface area is 159 Å². The van der Waals surface area contributed by atoms with Crippen LogP contribution < -0.4 is 10.6 Å². The Morgan fingerprint density at radius 3 is 2.52 bits per heavy atom. The van der Waals surface area contributed by atoms with E-state index in [4.69, 9.17) is 0 Å². The van der Waals surface area contributed by atoms with Crippen LogP contribution in [0, 0.1) is 6.92 Å². The number of aliphatic imine (C=N–C) groups is 1. The zero-order chi connectivity index (χ0) is 15.6. The van der Waals surface area contributed by atoms with E-state index in [1.807, 2.05) is 20.0 Å². The molecule has 0 fully saturated rings. The number of hydrogen-bond donors (Lipinski definition) is 2. The molecule has 4 nitrogen and oxygen atoms in total. The van der Waals surface area contributed by atoms with Crippen molar-refractivity contribution >= 4 is 41.3 Å². The van der Waals surface area contributed by atoms with E-state index in [2.05, 4.69) is 50.3 Å². The number of aryl methyl sites for hydroxylation is 2. The minimum Gasteiger partial charge on any atom is -0.356 e. The molecule has 126 valence electrons. The number of benzene rings is 1. The molecule has 0 spiro atoms. The van der Waals surface area contributed by atoms with Gasteiger partial charge in [-0.15, -0.1) is 35.3 Å². The summed E-state index contributed by atoms with van der Waals surface area (Å²) in [6, 6.07) is 10.5. The van der Waals surface area contributed by atoms with Crippen LogP contribution in [0.4, 0.5) is 0 Å². The Morgan fingerprint density at radius 1 is 1.13 bits per heavy atom. The van der Waals surface area contributed by atoms with Crippen molar-refractivity contribution in [3.05, 3.63) is 52.0 Å². The van der Waals surface area contributed by atoms with Crippen molar-refractivity contribution < 1.29 is 0 Å². The molecule has 0 amide bonds. The van der Waals surface area contributed by atoms with Gasteiger partial charge in [0.15, 0.2) is 5.96 Å². The molecule has 0 aliphatic rings. The van der Waals surface area contributed by atoms with Gasteiger partial charge in [-0.3, -0.25) is 4.99 Å². The van der Waals surface area contributed by atoms with Crippen LogP contribution in [0.15, 0.2) is 40.7 Å². The predicted octanol–water partition coefficient (Wildman–Crippen LogP) is 3.41. The van der Waals surface area contributed by atoms with Crippen LogP contribution in [0.1, 0.15) is 22.7 Å². The first kappa shape index (κ1) is 19.9. The molecule has 2 rings (SSSR count). The van der Waals surface area contributed by atoms with Gasteiger partial charge in [-0.05, 0) is 25.3 Å². The molecule has 23 heavy (non-hydrogen) atoms. The largest absolute Gasteiger partial charge is 0.356 e. The van der Waals surface area contributed by atoms with E-state index in [9.17, 15) is 0 Å². The van der Waals surface area contributed by atoms with Crippen molar-refractivity contribution in [3.8, 4) is 0 Å². The van der Waals surface area contributed by atoms with Gasteiger partial charge >= 0.3 is 0 Å². The number of nitrogens with zero attached hydrogens (tertiary/aromatic N) is 2. The standard InChI is InChI=1S/C17H24N4S.HI/c1-14-13-22-16(21-14)9-6-11-19-17(18-2)20-12-10-15-7-4-3-5-8-15;/h3-5,7-8,13H,6,9-12H2,1-2H3,(H2,18,19,20);1H. The van der Waals surface area contributed by atoms with Crippen LogP contribution in [-0.2, 0) is 12.8 Å². The molecular formula is C17H25IN4S. The van der Waals surface area contributed by atoms with Gasteiger partial charge in [0, 0.05) is 37.6 Å². The van der Waals surface area contributed by atoms with Crippen molar-refractivity contribution in [2.45, 2.75) is 26.2 Å². The number of halogens is 1. The van der Waals surface area contributed by atoms with E-state index in [0.29, 0.717) is 0 Å². The van der Waals surface area contributed by atoms with Gasteiger partial charge in [0.1, 0.15) is 0 Å². The van der Waals surface area contributed by atoms with Crippen LogP contribution >= 0.6 is 35.3 Å². The molecule has 0 atom stereocenters. The van der Waals surface area contributed by atoms with Crippen LogP contribution in [0.3, 0.4) is 0 Å². The summed E-state index contributed by atoms with van der Waals surface area (Å²) in [4.78, 5) is 8.72. The van der Waals surface area contributed by atoms with Crippen LogP contribution in [0.2, 0.25) is 0 Å². The lowest BCUT2D eigenvalue weighted by Gasteiger charge is -2.11. The first-order chi connectivity index (χ1) is 10.8. The molecule has 0 unspecified atom stereocenters. The predicted molar refractivity (Wildman–Crippen MR) is 110 cm³/mol. The monoisotopic (exact) mass is 444 g/mol. The first-order valence-corrected chi connectivity index (χ1v) is 8.55. The molecule has 0 bridgehead atoms. The lowest BCUT2D eigenvalue weighted by atomic mass is 10.1. The fraction of sp³-hybridized carbons (Fsp3) is 0.412. The summed E-state index contributed by atoms with van der Waals surface area (Å²) in [6.45, 7) is 3.83. The van der Waals surface area contributed by atoms with Gasteiger partial charge in [0.05, 0.1) is 5.01 Å². The highest BCUT2D eigenvalue weighted by Gasteiger charge is 2.00. The highest BCUT2D eigenvalue weighted by Crippen LogP contribution is 2.10. The second-order valence-electron chi connectivity index (χ2n) is 5.15. The third kappa shape index (κ3) is 7.78. The zero-order valence-corrected chi connectivity index (χ0v) is 16.9. The van der Waals surface area contributed by atoms with E-state index >= 15 is 0 Å². The normalized spacial score (nSPS) is 11.0. The summed E-state index contributed by atoms with van der Waals surface area (Å²) in [6.07, 6.45) is 3.08. The summed E-state index contributed by atoms with van der Waals surface area (Å²) < 4.78 is 0. The quantitative estimate of drug-likeness (QED) is 0.298.